The van der Waals surface area contributed by atoms with E-state index in [1.807, 2.05) is 0 Å². The van der Waals surface area contributed by atoms with Gasteiger partial charge in [0.15, 0.2) is 0 Å². The Labute approximate surface area is 108 Å². The molecule has 0 amide bonds. The first-order valence-electron chi connectivity index (χ1n) is 5.29. The van der Waals surface area contributed by atoms with Crippen LogP contribution >= 0.6 is 0 Å². The Morgan fingerprint density at radius 1 is 1.19 bits per heavy atom. The van der Waals surface area contributed by atoms with Gasteiger partial charge in [-0.15, -0.1) is 0 Å². The average Bonchev–Trinajstić information content (AvgIpc) is 2.14. The fraction of sp³-hybridized carbons (Fsp3) is 0.417. The standard InChI is InChI=1S/C8H10N3.C4H9.Sn/c9-8(10)11-6-7-4-2-1-3-5-7;1-4(2)3;/h2-5H,6H2,(H4,9,10,11);1-3H3;. The molecule has 86 valence electrons. The van der Waals surface area contributed by atoms with E-state index in [-0.39, 0.29) is 5.96 Å². The van der Waals surface area contributed by atoms with Crippen LogP contribution in [0.15, 0.2) is 29.3 Å². The molecule has 4 N–H and O–H groups in total. The van der Waals surface area contributed by atoms with Crippen molar-refractivity contribution >= 4 is 30.7 Å². The van der Waals surface area contributed by atoms with Crippen LogP contribution in [0.1, 0.15) is 26.3 Å². The minimum absolute atomic E-state index is 0.148. The first kappa shape index (κ1) is 13.4. The van der Waals surface area contributed by atoms with Gasteiger partial charge in [-0.25, -0.2) is 0 Å². The van der Waals surface area contributed by atoms with E-state index in [4.69, 9.17) is 11.5 Å². The number of nitrogens with zero attached hydrogens (tertiary/aromatic N) is 1. The van der Waals surface area contributed by atoms with Crippen molar-refractivity contribution in [2.75, 3.05) is 0 Å². The van der Waals surface area contributed by atoms with Crippen molar-refractivity contribution < 1.29 is 0 Å². The first-order chi connectivity index (χ1) is 7.37. The Kier molecular flexibility index (Phi) is 4.65. The number of aliphatic imine (C=N–C) groups is 1. The third-order valence-corrected chi connectivity index (χ3v) is 5.83. The van der Waals surface area contributed by atoms with E-state index in [2.05, 4.69) is 50.0 Å². The van der Waals surface area contributed by atoms with Crippen molar-refractivity contribution in [1.29, 1.82) is 0 Å². The van der Waals surface area contributed by atoms with Gasteiger partial charge >= 0.3 is 108 Å². The molecule has 0 bridgehead atoms. The van der Waals surface area contributed by atoms with E-state index in [1.54, 1.807) is 0 Å². The van der Waals surface area contributed by atoms with E-state index in [0.29, 0.717) is 9.98 Å². The Morgan fingerprint density at radius 2 is 1.75 bits per heavy atom. The van der Waals surface area contributed by atoms with Gasteiger partial charge in [0.25, 0.3) is 0 Å². The van der Waals surface area contributed by atoms with Crippen LogP contribution in [-0.2, 0) is 6.54 Å². The summed E-state index contributed by atoms with van der Waals surface area (Å²) in [7, 11) is 0. The molecule has 1 aromatic carbocycles. The molecule has 4 heteroatoms. The van der Waals surface area contributed by atoms with Crippen molar-refractivity contribution in [3.8, 4) is 0 Å². The molecular weight excluding hydrogens is 305 g/mol. The molecule has 1 aromatic rings. The van der Waals surface area contributed by atoms with Gasteiger partial charge in [-0.05, 0) is 0 Å². The van der Waals surface area contributed by atoms with Crippen molar-refractivity contribution in [1.82, 2.24) is 0 Å². The molecule has 0 aliphatic rings. The maximum absolute atomic E-state index is 5.29. The molecule has 0 saturated carbocycles. The molecule has 0 unspecified atom stereocenters. The second kappa shape index (κ2) is 5.57. The average molecular weight is 324 g/mol. The van der Waals surface area contributed by atoms with Crippen LogP contribution < -0.4 is 15.0 Å². The quantitative estimate of drug-likeness (QED) is 0.495. The molecule has 3 nitrogen and oxygen atoms in total. The Bertz CT molecular complexity index is 359. The van der Waals surface area contributed by atoms with Crippen LogP contribution in [0.3, 0.4) is 0 Å². The minimum atomic E-state index is -0.491. The molecule has 1 rings (SSSR count). The van der Waals surface area contributed by atoms with Crippen LogP contribution in [0, 0.1) is 0 Å². The summed E-state index contributed by atoms with van der Waals surface area (Å²) < 4.78 is 2.01. The van der Waals surface area contributed by atoms with Crippen LogP contribution in [0.5, 0.6) is 0 Å². The van der Waals surface area contributed by atoms with Gasteiger partial charge in [0.1, 0.15) is 0 Å². The second-order valence-electron chi connectivity index (χ2n) is 4.81. The summed E-state index contributed by atoms with van der Waals surface area (Å²) in [4.78, 5) is 3.99. The maximum atomic E-state index is 5.29. The number of rotatable bonds is 3. The molecule has 0 spiro atoms. The third-order valence-electron chi connectivity index (χ3n) is 1.92. The third kappa shape index (κ3) is 5.39. The molecular formula is C12H19N3Sn. The van der Waals surface area contributed by atoms with Crippen molar-refractivity contribution in [2.24, 2.45) is 16.5 Å². The zero-order chi connectivity index (χ0) is 12.2. The summed E-state index contributed by atoms with van der Waals surface area (Å²) in [6, 6.07) is 8.67. The zero-order valence-electron chi connectivity index (χ0n) is 10.1. The molecule has 0 saturated heterocycles. The van der Waals surface area contributed by atoms with Crippen LogP contribution in [-0.4, -0.2) is 27.1 Å². The van der Waals surface area contributed by atoms with Gasteiger partial charge in [-0.1, -0.05) is 0 Å². The number of nitrogens with two attached hydrogens (primary N) is 2. The molecule has 2 radical (unpaired) electrons. The molecule has 0 aromatic heterocycles. The Morgan fingerprint density at radius 3 is 2.19 bits per heavy atom. The van der Waals surface area contributed by atoms with Gasteiger partial charge in [0, 0.05) is 0 Å². The summed E-state index contributed by atoms with van der Waals surface area (Å²) in [6.45, 7) is 7.51. The van der Waals surface area contributed by atoms with E-state index < -0.39 is 21.1 Å². The monoisotopic (exact) mass is 325 g/mol. The first-order valence-corrected chi connectivity index (χ1v) is 8.15. The van der Waals surface area contributed by atoms with Gasteiger partial charge in [-0.3, -0.25) is 0 Å². The van der Waals surface area contributed by atoms with Gasteiger partial charge < -0.3 is 0 Å². The fourth-order valence-electron chi connectivity index (χ4n) is 1.31. The van der Waals surface area contributed by atoms with Gasteiger partial charge in [0.2, 0.25) is 0 Å². The van der Waals surface area contributed by atoms with E-state index in [0.717, 1.165) is 5.56 Å². The summed E-state index contributed by atoms with van der Waals surface area (Å²) in [5.74, 6) is 0.148. The van der Waals surface area contributed by atoms with Gasteiger partial charge in [-0.2, -0.15) is 0 Å². The van der Waals surface area contributed by atoms with Crippen molar-refractivity contribution in [3.63, 3.8) is 0 Å². The number of hydrogen-bond donors (Lipinski definition) is 2. The molecule has 0 heterocycles. The van der Waals surface area contributed by atoms with E-state index in [9.17, 15) is 0 Å². The summed E-state index contributed by atoms with van der Waals surface area (Å²) in [5, 5.41) is 0. The molecule has 0 fully saturated rings. The molecule has 0 atom stereocenters. The van der Waals surface area contributed by atoms with E-state index in [1.165, 1.54) is 3.58 Å². The number of guanidine groups is 1. The Hall–Kier alpha value is -0.711. The summed E-state index contributed by atoms with van der Waals surface area (Å²) >= 11 is -0.491. The summed E-state index contributed by atoms with van der Waals surface area (Å²) in [6.07, 6.45) is 0. The van der Waals surface area contributed by atoms with Crippen molar-refractivity contribution in [3.05, 3.63) is 29.8 Å². The SMILES string of the molecule is C[C](C)(C)[Sn][c]1ccc(CN=C(N)N)cc1. The predicted octanol–water partition coefficient (Wildman–Crippen LogP) is 1.01. The normalized spacial score (nSPS) is 11.2. The van der Waals surface area contributed by atoms with Crippen molar-refractivity contribution in [2.45, 2.75) is 30.7 Å². The number of benzene rings is 1. The van der Waals surface area contributed by atoms with E-state index >= 15 is 0 Å². The fourth-order valence-corrected chi connectivity index (χ4v) is 4.73. The van der Waals surface area contributed by atoms with Crippen LogP contribution in [0.25, 0.3) is 0 Å². The topological polar surface area (TPSA) is 64.4 Å². The van der Waals surface area contributed by atoms with Gasteiger partial charge in [0.05, 0.1) is 0 Å². The molecule has 16 heavy (non-hydrogen) atoms. The Balaban J connectivity index is 2.65. The van der Waals surface area contributed by atoms with Crippen LogP contribution in [0.4, 0.5) is 0 Å². The number of hydrogen-bond acceptors (Lipinski definition) is 1. The molecule has 0 aliphatic carbocycles. The summed E-state index contributed by atoms with van der Waals surface area (Å²) in [5.41, 5.74) is 11.7. The zero-order valence-corrected chi connectivity index (χ0v) is 13.0. The predicted molar refractivity (Wildman–Crippen MR) is 71.1 cm³/mol. The molecule has 0 aliphatic heterocycles. The second-order valence-corrected chi connectivity index (χ2v) is 11.5. The van der Waals surface area contributed by atoms with Crippen LogP contribution in [0.2, 0.25) is 3.43 Å².